The average Bonchev–Trinajstić information content (AvgIpc) is 2.04. The van der Waals surface area contributed by atoms with Crippen LogP contribution in [-0.2, 0) is 4.79 Å². The number of hydrogen-bond donors (Lipinski definition) is 2. The van der Waals surface area contributed by atoms with Crippen LogP contribution >= 0.6 is 0 Å². The van der Waals surface area contributed by atoms with Crippen LogP contribution < -0.4 is 5.73 Å². The molecule has 0 saturated carbocycles. The van der Waals surface area contributed by atoms with Gasteiger partial charge in [0, 0.05) is 6.54 Å². The van der Waals surface area contributed by atoms with Crippen molar-refractivity contribution in [3.8, 4) is 0 Å². The van der Waals surface area contributed by atoms with Crippen LogP contribution in [0.25, 0.3) is 0 Å². The van der Waals surface area contributed by atoms with Crippen LogP contribution in [-0.4, -0.2) is 17.6 Å². The van der Waals surface area contributed by atoms with E-state index in [0.717, 1.165) is 12.8 Å². The molecule has 0 fully saturated rings. The second-order valence-corrected chi connectivity index (χ2v) is 3.36. The van der Waals surface area contributed by atoms with E-state index in [4.69, 9.17) is 10.8 Å². The summed E-state index contributed by atoms with van der Waals surface area (Å²) in [6.45, 7) is 4.50. The predicted octanol–water partition coefficient (Wildman–Crippen LogP) is 1.47. The highest BCUT2D eigenvalue weighted by Crippen LogP contribution is 2.14. The highest BCUT2D eigenvalue weighted by Gasteiger charge is 2.15. The van der Waals surface area contributed by atoms with E-state index in [1.165, 1.54) is 0 Å². The molecule has 3 nitrogen and oxygen atoms in total. The van der Waals surface area contributed by atoms with Crippen molar-refractivity contribution in [2.24, 2.45) is 17.6 Å². The van der Waals surface area contributed by atoms with Crippen LogP contribution in [0.1, 0.15) is 33.1 Å². The first-order valence-corrected chi connectivity index (χ1v) is 4.54. The van der Waals surface area contributed by atoms with Gasteiger partial charge in [0.1, 0.15) is 0 Å². The van der Waals surface area contributed by atoms with E-state index in [-0.39, 0.29) is 12.5 Å². The van der Waals surface area contributed by atoms with Gasteiger partial charge >= 0.3 is 5.97 Å². The highest BCUT2D eigenvalue weighted by atomic mass is 16.4. The van der Waals surface area contributed by atoms with Crippen LogP contribution in [0, 0.1) is 11.8 Å². The van der Waals surface area contributed by atoms with E-state index >= 15 is 0 Å². The Morgan fingerprint density at radius 2 is 2.08 bits per heavy atom. The lowest BCUT2D eigenvalue weighted by atomic mass is 9.95. The van der Waals surface area contributed by atoms with Gasteiger partial charge in [0.15, 0.2) is 0 Å². The van der Waals surface area contributed by atoms with Gasteiger partial charge in [-0.1, -0.05) is 20.3 Å². The summed E-state index contributed by atoms with van der Waals surface area (Å²) in [5, 5.41) is 8.68. The fraction of sp³-hybridized carbons (Fsp3) is 0.889. The topological polar surface area (TPSA) is 63.3 Å². The lowest BCUT2D eigenvalue weighted by Gasteiger charge is -2.12. The standard InChI is InChI=1S/C9H19NO2/c1-3-7(2)4-5-8(6-10)9(11)12/h7-8H,3-6,10H2,1-2H3,(H,11,12). The van der Waals surface area contributed by atoms with E-state index in [0.29, 0.717) is 12.3 Å². The number of nitrogens with two attached hydrogens (primary N) is 1. The average molecular weight is 173 g/mol. The molecule has 2 atom stereocenters. The number of carbonyl (C=O) groups is 1. The van der Waals surface area contributed by atoms with Crippen molar-refractivity contribution in [3.63, 3.8) is 0 Å². The van der Waals surface area contributed by atoms with E-state index in [2.05, 4.69) is 13.8 Å². The first kappa shape index (κ1) is 11.4. The van der Waals surface area contributed by atoms with Crippen LogP contribution in [0.3, 0.4) is 0 Å². The minimum absolute atomic E-state index is 0.256. The summed E-state index contributed by atoms with van der Waals surface area (Å²) in [7, 11) is 0. The summed E-state index contributed by atoms with van der Waals surface area (Å²) in [6.07, 6.45) is 2.78. The van der Waals surface area contributed by atoms with Crippen molar-refractivity contribution in [1.29, 1.82) is 0 Å². The molecule has 0 aromatic carbocycles. The Labute approximate surface area is 74.0 Å². The van der Waals surface area contributed by atoms with Crippen molar-refractivity contribution in [2.75, 3.05) is 6.54 Å². The molecule has 0 saturated heterocycles. The van der Waals surface area contributed by atoms with E-state index < -0.39 is 5.97 Å². The Morgan fingerprint density at radius 1 is 1.50 bits per heavy atom. The summed E-state index contributed by atoms with van der Waals surface area (Å²) in [5.74, 6) is -0.502. The monoisotopic (exact) mass is 173 g/mol. The van der Waals surface area contributed by atoms with Crippen LogP contribution in [0.2, 0.25) is 0 Å². The zero-order chi connectivity index (χ0) is 9.56. The third-order valence-electron chi connectivity index (χ3n) is 2.34. The molecule has 0 heterocycles. The summed E-state index contributed by atoms with van der Waals surface area (Å²) in [6, 6.07) is 0. The molecule has 0 aliphatic heterocycles. The first-order valence-electron chi connectivity index (χ1n) is 4.54. The minimum Gasteiger partial charge on any atom is -0.481 e. The fourth-order valence-electron chi connectivity index (χ4n) is 1.03. The first-order chi connectivity index (χ1) is 5.61. The van der Waals surface area contributed by atoms with Crippen LogP contribution in [0.4, 0.5) is 0 Å². The maximum atomic E-state index is 10.6. The van der Waals surface area contributed by atoms with Gasteiger partial charge in [-0.15, -0.1) is 0 Å². The lowest BCUT2D eigenvalue weighted by molar-refractivity contribution is -0.141. The Balaban J connectivity index is 3.65. The van der Waals surface area contributed by atoms with Gasteiger partial charge in [-0.3, -0.25) is 4.79 Å². The maximum Gasteiger partial charge on any atom is 0.307 e. The quantitative estimate of drug-likeness (QED) is 0.639. The molecule has 0 aromatic rings. The maximum absolute atomic E-state index is 10.6. The van der Waals surface area contributed by atoms with E-state index in [1.807, 2.05) is 0 Å². The number of carboxylic acids is 1. The summed E-state index contributed by atoms with van der Waals surface area (Å²) >= 11 is 0. The molecule has 0 rings (SSSR count). The molecule has 0 aliphatic rings. The molecule has 0 aliphatic carbocycles. The summed E-state index contributed by atoms with van der Waals surface area (Å²) in [4.78, 5) is 10.6. The van der Waals surface area contributed by atoms with Crippen molar-refractivity contribution in [3.05, 3.63) is 0 Å². The van der Waals surface area contributed by atoms with Crippen molar-refractivity contribution in [2.45, 2.75) is 33.1 Å². The SMILES string of the molecule is CCC(C)CCC(CN)C(=O)O. The Morgan fingerprint density at radius 3 is 2.42 bits per heavy atom. The van der Waals surface area contributed by atoms with Gasteiger partial charge in [0.2, 0.25) is 0 Å². The van der Waals surface area contributed by atoms with Gasteiger partial charge in [0.05, 0.1) is 5.92 Å². The minimum atomic E-state index is -0.763. The summed E-state index contributed by atoms with van der Waals surface area (Å²) < 4.78 is 0. The molecule has 0 aromatic heterocycles. The zero-order valence-electron chi connectivity index (χ0n) is 7.92. The molecule has 0 bridgehead atoms. The zero-order valence-corrected chi connectivity index (χ0v) is 7.92. The predicted molar refractivity (Wildman–Crippen MR) is 48.9 cm³/mol. The molecule has 0 spiro atoms. The highest BCUT2D eigenvalue weighted by molar-refractivity contribution is 5.70. The number of aliphatic carboxylic acids is 1. The largest absolute Gasteiger partial charge is 0.481 e. The Hall–Kier alpha value is -0.570. The number of hydrogen-bond acceptors (Lipinski definition) is 2. The lowest BCUT2D eigenvalue weighted by Crippen LogP contribution is -2.23. The van der Waals surface area contributed by atoms with Crippen molar-refractivity contribution < 1.29 is 9.90 Å². The molecular weight excluding hydrogens is 154 g/mol. The number of rotatable bonds is 6. The molecular formula is C9H19NO2. The molecule has 12 heavy (non-hydrogen) atoms. The van der Waals surface area contributed by atoms with E-state index in [9.17, 15) is 4.79 Å². The molecule has 3 heteroatoms. The summed E-state index contributed by atoms with van der Waals surface area (Å²) in [5.41, 5.74) is 5.32. The van der Waals surface area contributed by atoms with Crippen molar-refractivity contribution in [1.82, 2.24) is 0 Å². The number of carboxylic acid groups (broad SMARTS) is 1. The third-order valence-corrected chi connectivity index (χ3v) is 2.34. The molecule has 2 unspecified atom stereocenters. The molecule has 3 N–H and O–H groups in total. The van der Waals surface area contributed by atoms with Gasteiger partial charge in [-0.2, -0.15) is 0 Å². The van der Waals surface area contributed by atoms with Gasteiger partial charge in [-0.25, -0.2) is 0 Å². The van der Waals surface area contributed by atoms with Gasteiger partial charge in [0.25, 0.3) is 0 Å². The molecule has 0 radical (unpaired) electrons. The second-order valence-electron chi connectivity index (χ2n) is 3.36. The Kier molecular flexibility index (Phi) is 5.72. The van der Waals surface area contributed by atoms with E-state index in [1.54, 1.807) is 0 Å². The fourth-order valence-corrected chi connectivity index (χ4v) is 1.03. The second kappa shape index (κ2) is 6.00. The van der Waals surface area contributed by atoms with Crippen LogP contribution in [0.5, 0.6) is 0 Å². The third kappa shape index (κ3) is 4.34. The molecule has 72 valence electrons. The smallest absolute Gasteiger partial charge is 0.307 e. The van der Waals surface area contributed by atoms with Gasteiger partial charge in [-0.05, 0) is 18.8 Å². The Bertz CT molecular complexity index is 136. The van der Waals surface area contributed by atoms with Gasteiger partial charge < -0.3 is 10.8 Å². The van der Waals surface area contributed by atoms with Crippen molar-refractivity contribution >= 4 is 5.97 Å². The van der Waals surface area contributed by atoms with Crippen LogP contribution in [0.15, 0.2) is 0 Å². The molecule has 0 amide bonds. The normalized spacial score (nSPS) is 15.6.